The lowest BCUT2D eigenvalue weighted by Crippen LogP contribution is -2.04. The number of carbonyl (C=O) groups excluding carboxylic acids is 1. The molecule has 0 atom stereocenters. The van der Waals surface area contributed by atoms with Crippen molar-refractivity contribution < 1.29 is 9.53 Å². The summed E-state index contributed by atoms with van der Waals surface area (Å²) in [7, 11) is 1.34. The summed E-state index contributed by atoms with van der Waals surface area (Å²) < 4.78 is 4.40. The largest absolute Gasteiger partial charge is 0.466 e. The molecule has 0 radical (unpaired) electrons. The molecule has 60 valence electrons. The van der Waals surface area contributed by atoms with E-state index in [2.05, 4.69) is 4.74 Å². The average Bonchev–Trinajstić information content (AvgIpc) is 1.87. The van der Waals surface area contributed by atoms with Crippen LogP contribution in [-0.2, 0) is 9.53 Å². The maximum atomic E-state index is 10.6. The van der Waals surface area contributed by atoms with E-state index in [4.69, 9.17) is 5.73 Å². The topological polar surface area (TPSA) is 52.3 Å². The second-order valence-corrected chi connectivity index (χ2v) is 1.61. The summed E-state index contributed by atoms with van der Waals surface area (Å²) in [6.45, 7) is 2.04. The van der Waals surface area contributed by atoms with Crippen molar-refractivity contribution in [3.05, 3.63) is 11.6 Å². The van der Waals surface area contributed by atoms with Gasteiger partial charge in [0.05, 0.1) is 7.11 Å². The maximum Gasteiger partial charge on any atom is 0.333 e. The summed E-state index contributed by atoms with van der Waals surface area (Å²) in [4.78, 5) is 10.6. The van der Waals surface area contributed by atoms with Gasteiger partial charge in [-0.1, -0.05) is 6.08 Å². The van der Waals surface area contributed by atoms with Crippen molar-refractivity contribution in [2.24, 2.45) is 5.73 Å². The molecule has 0 aliphatic rings. The Balaban J connectivity index is 0. The highest BCUT2D eigenvalue weighted by Gasteiger charge is 1.99. The van der Waals surface area contributed by atoms with E-state index in [0.717, 1.165) is 0 Å². The van der Waals surface area contributed by atoms with Gasteiger partial charge in [0.15, 0.2) is 0 Å². The molecule has 10 heavy (non-hydrogen) atoms. The smallest absolute Gasteiger partial charge is 0.333 e. The fourth-order valence-electron chi connectivity index (χ4n) is 0.421. The van der Waals surface area contributed by atoms with Gasteiger partial charge in [-0.25, -0.2) is 4.79 Å². The van der Waals surface area contributed by atoms with E-state index in [0.29, 0.717) is 12.1 Å². The number of ether oxygens (including phenoxy) is 1. The number of halogens is 1. The molecule has 0 saturated heterocycles. The third-order valence-corrected chi connectivity index (χ3v) is 0.931. The minimum absolute atomic E-state index is 0. The molecule has 0 heterocycles. The van der Waals surface area contributed by atoms with Crippen LogP contribution < -0.4 is 5.73 Å². The predicted octanol–water partition coefficient (Wildman–Crippen LogP) is 0.486. The van der Waals surface area contributed by atoms with Crippen LogP contribution >= 0.6 is 12.4 Å². The molecule has 3 nitrogen and oxygen atoms in total. The highest BCUT2D eigenvalue weighted by Crippen LogP contribution is 1.92. The van der Waals surface area contributed by atoms with Gasteiger partial charge in [-0.3, -0.25) is 0 Å². The second kappa shape index (κ2) is 6.58. The third-order valence-electron chi connectivity index (χ3n) is 0.931. The normalized spacial score (nSPS) is 10.1. The summed E-state index contributed by atoms with van der Waals surface area (Å²) in [5.41, 5.74) is 5.69. The highest BCUT2D eigenvalue weighted by atomic mass is 35.5. The first-order valence-corrected chi connectivity index (χ1v) is 2.67. The van der Waals surface area contributed by atoms with Crippen molar-refractivity contribution in [2.45, 2.75) is 6.92 Å². The maximum absolute atomic E-state index is 10.6. The van der Waals surface area contributed by atoms with E-state index in [-0.39, 0.29) is 18.4 Å². The molecule has 0 aliphatic heterocycles. The molecule has 0 unspecified atom stereocenters. The van der Waals surface area contributed by atoms with E-state index >= 15 is 0 Å². The van der Waals surface area contributed by atoms with Gasteiger partial charge in [-0.05, 0) is 6.92 Å². The molecular weight excluding hydrogens is 154 g/mol. The van der Waals surface area contributed by atoms with Crippen LogP contribution in [0.15, 0.2) is 11.6 Å². The minimum atomic E-state index is -0.319. The lowest BCUT2D eigenvalue weighted by molar-refractivity contribution is -0.136. The third kappa shape index (κ3) is 4.35. The van der Waals surface area contributed by atoms with Gasteiger partial charge in [0, 0.05) is 12.1 Å². The quantitative estimate of drug-likeness (QED) is 0.479. The summed E-state index contributed by atoms with van der Waals surface area (Å²) in [6, 6.07) is 0. The predicted molar refractivity (Wildman–Crippen MR) is 42.1 cm³/mol. The zero-order chi connectivity index (χ0) is 7.28. The van der Waals surface area contributed by atoms with Crippen molar-refractivity contribution in [1.29, 1.82) is 0 Å². The van der Waals surface area contributed by atoms with Crippen molar-refractivity contribution in [3.63, 3.8) is 0 Å². The van der Waals surface area contributed by atoms with Gasteiger partial charge in [-0.15, -0.1) is 12.4 Å². The Morgan fingerprint density at radius 3 is 2.50 bits per heavy atom. The Kier molecular flexibility index (Phi) is 8.00. The molecule has 0 fully saturated rings. The molecule has 0 rings (SSSR count). The van der Waals surface area contributed by atoms with Crippen LogP contribution in [0.1, 0.15) is 6.92 Å². The summed E-state index contributed by atoms with van der Waals surface area (Å²) in [5, 5.41) is 0. The number of nitrogens with two attached hydrogens (primary N) is 1. The van der Waals surface area contributed by atoms with Gasteiger partial charge < -0.3 is 10.5 Å². The zero-order valence-electron chi connectivity index (χ0n) is 6.09. The SMILES string of the molecule is COC(=O)C(C)=CCN.Cl. The molecule has 0 saturated carbocycles. The average molecular weight is 166 g/mol. The minimum Gasteiger partial charge on any atom is -0.466 e. The fourth-order valence-corrected chi connectivity index (χ4v) is 0.421. The molecule has 4 heteroatoms. The number of rotatable bonds is 2. The number of carbonyl (C=O) groups is 1. The first-order valence-electron chi connectivity index (χ1n) is 2.67. The summed E-state index contributed by atoms with van der Waals surface area (Å²) in [6.07, 6.45) is 1.62. The first kappa shape index (κ1) is 12.2. The Morgan fingerprint density at radius 2 is 2.20 bits per heavy atom. The van der Waals surface area contributed by atoms with Gasteiger partial charge >= 0.3 is 5.97 Å². The lowest BCUT2D eigenvalue weighted by Gasteiger charge is -1.95. The molecule has 0 amide bonds. The van der Waals surface area contributed by atoms with Crippen LogP contribution in [0, 0.1) is 0 Å². The van der Waals surface area contributed by atoms with E-state index in [9.17, 15) is 4.79 Å². The van der Waals surface area contributed by atoms with Gasteiger partial charge in [0.25, 0.3) is 0 Å². The van der Waals surface area contributed by atoms with Crippen LogP contribution in [0.5, 0.6) is 0 Å². The van der Waals surface area contributed by atoms with Crippen LogP contribution in [0.4, 0.5) is 0 Å². The van der Waals surface area contributed by atoms with Crippen LogP contribution in [0.25, 0.3) is 0 Å². The Hall–Kier alpha value is -0.540. The van der Waals surface area contributed by atoms with Crippen LogP contribution in [-0.4, -0.2) is 19.6 Å². The molecule has 0 aromatic heterocycles. The number of methoxy groups -OCH3 is 1. The summed E-state index contributed by atoms with van der Waals surface area (Å²) >= 11 is 0. The molecular formula is C6H12ClNO2. The van der Waals surface area contributed by atoms with Crippen molar-refractivity contribution in [2.75, 3.05) is 13.7 Å². The molecule has 2 N–H and O–H groups in total. The number of hydrogen-bond donors (Lipinski definition) is 1. The lowest BCUT2D eigenvalue weighted by atomic mass is 10.3. The van der Waals surface area contributed by atoms with Crippen molar-refractivity contribution in [3.8, 4) is 0 Å². The molecule has 0 aromatic carbocycles. The number of esters is 1. The standard InChI is InChI=1S/C6H11NO2.ClH/c1-5(3-4-7)6(8)9-2;/h3H,4,7H2,1-2H3;1H. The number of hydrogen-bond acceptors (Lipinski definition) is 3. The highest BCUT2D eigenvalue weighted by molar-refractivity contribution is 5.87. The molecule has 0 aliphatic carbocycles. The van der Waals surface area contributed by atoms with E-state index in [1.165, 1.54) is 7.11 Å². The molecule has 0 spiro atoms. The Labute approximate surface area is 66.6 Å². The van der Waals surface area contributed by atoms with Gasteiger partial charge in [0.2, 0.25) is 0 Å². The Morgan fingerprint density at radius 1 is 1.70 bits per heavy atom. The van der Waals surface area contributed by atoms with Crippen molar-refractivity contribution >= 4 is 18.4 Å². The van der Waals surface area contributed by atoms with Crippen LogP contribution in [0.2, 0.25) is 0 Å². The van der Waals surface area contributed by atoms with E-state index in [1.54, 1.807) is 13.0 Å². The molecule has 0 bridgehead atoms. The summed E-state index contributed by atoms with van der Waals surface area (Å²) in [5.74, 6) is -0.319. The van der Waals surface area contributed by atoms with Crippen molar-refractivity contribution in [1.82, 2.24) is 0 Å². The Bertz CT molecular complexity index is 134. The first-order chi connectivity index (χ1) is 4.22. The zero-order valence-corrected chi connectivity index (χ0v) is 6.90. The van der Waals surface area contributed by atoms with Gasteiger partial charge in [-0.2, -0.15) is 0 Å². The fraction of sp³-hybridized carbons (Fsp3) is 0.500. The monoisotopic (exact) mass is 165 g/mol. The van der Waals surface area contributed by atoms with E-state index in [1.807, 2.05) is 0 Å². The van der Waals surface area contributed by atoms with Crippen LogP contribution in [0.3, 0.4) is 0 Å². The van der Waals surface area contributed by atoms with E-state index < -0.39 is 0 Å². The van der Waals surface area contributed by atoms with Gasteiger partial charge in [0.1, 0.15) is 0 Å². The second-order valence-electron chi connectivity index (χ2n) is 1.61. The molecule has 0 aromatic rings.